The lowest BCUT2D eigenvalue weighted by Gasteiger charge is -2.13. The van der Waals surface area contributed by atoms with Gasteiger partial charge in [0, 0.05) is 48.6 Å². The summed E-state index contributed by atoms with van der Waals surface area (Å²) in [5, 5.41) is 64.1. The number of benzene rings is 8. The topological polar surface area (TPSA) is 370 Å². The molecule has 0 aliphatic carbocycles. The van der Waals surface area contributed by atoms with Crippen LogP contribution in [0.5, 0.6) is 35.0 Å². The van der Waals surface area contributed by atoms with Crippen molar-refractivity contribution in [2.45, 2.75) is 6.92 Å². The first kappa shape index (κ1) is 76.6. The zero-order chi connectivity index (χ0) is 80.5. The molecule has 8 aromatic carbocycles. The van der Waals surface area contributed by atoms with Crippen LogP contribution in [0.2, 0.25) is 20.1 Å². The maximum absolute atomic E-state index is 14.1. The summed E-state index contributed by atoms with van der Waals surface area (Å²) in [5.41, 5.74) is 1.40. The number of aromatic hydroxyl groups is 4. The van der Waals surface area contributed by atoms with Crippen LogP contribution in [-0.4, -0.2) is 125 Å². The highest BCUT2D eigenvalue weighted by Gasteiger charge is 2.43. The van der Waals surface area contributed by atoms with Gasteiger partial charge < -0.3 is 54.7 Å². The predicted molar refractivity (Wildman–Crippen MR) is 402 cm³/mol. The minimum Gasteiger partial charge on any atom is -0.497 e. The number of rotatable bonds is 13. The Labute approximate surface area is 645 Å². The standard InChI is InChI=1S/C21H19N3O3.C20H16N2O3.C18H6Cl4N4O6.C18H6F6N2O2/c1-24(2)13-8-6-7-12(11-13)18-16-17(21(26)22-18)19(23-20(16)25)14-9-4-5-10-15(14)27-3;1-11-3-5-12(6-4-11)17-15-16(20(24)21-17)18(22-19(15)23)13-7-9-14(25-2)10-8-13;19-5-1-3-7(25(29)30)9(13(5)21)15-11-12(18(28)23-15)16(24-17(11)27)10-8(26(31)32)4-2-6(20)14(10)22;19-5-1-3-7(21)13(23)9(5)15-11-12(18(28)25-15)16(26-17(11)27)10-6(20)2-4-8(22)14(10)24/h4-11,22,26H,1-3H3;3-10,22-23H,1-2H3;1-4,23,28H;1-4,25,28H. The van der Waals surface area contributed by atoms with Crippen molar-refractivity contribution >= 4 is 110 Å². The average Bonchev–Trinajstić information content (AvgIpc) is 1.61. The van der Waals surface area contributed by atoms with Crippen molar-refractivity contribution in [1.82, 2.24) is 19.9 Å². The summed E-state index contributed by atoms with van der Waals surface area (Å²) in [6, 6.07) is 36.8. The molecule has 4 amide bonds. The molecule has 4 aliphatic heterocycles. The first-order valence-corrected chi connectivity index (χ1v) is 33.9. The lowest BCUT2D eigenvalue weighted by Crippen LogP contribution is -2.08. The summed E-state index contributed by atoms with van der Waals surface area (Å²) in [4.78, 5) is 99.9. The Balaban J connectivity index is 0.000000131. The van der Waals surface area contributed by atoms with Crippen LogP contribution in [0.1, 0.15) is 91.5 Å². The number of carbonyl (C=O) groups excluding carboxylic acids is 4. The molecule has 25 nitrogen and oxygen atoms in total. The van der Waals surface area contributed by atoms with Crippen LogP contribution < -0.4 is 14.4 Å². The molecule has 0 saturated heterocycles. The van der Waals surface area contributed by atoms with E-state index < -0.39 is 113 Å². The van der Waals surface area contributed by atoms with E-state index in [1.165, 1.54) is 12.1 Å². The number of ether oxygens (including phenoxy) is 2. The van der Waals surface area contributed by atoms with Crippen LogP contribution in [0.4, 0.5) is 43.4 Å². The van der Waals surface area contributed by atoms with Crippen LogP contribution in [0, 0.1) is 62.1 Å². The molecule has 0 spiro atoms. The fraction of sp³-hybridized carbons (Fsp3) is 0.0649. The van der Waals surface area contributed by atoms with Crippen molar-refractivity contribution in [3.05, 3.63) is 293 Å². The first-order valence-electron chi connectivity index (χ1n) is 32.3. The Kier molecular flexibility index (Phi) is 20.6. The number of aryl methyl sites for hydroxylation is 1. The molecule has 12 aromatic rings. The van der Waals surface area contributed by atoms with Crippen molar-refractivity contribution in [2.24, 2.45) is 20.0 Å². The molecule has 8 N–H and O–H groups in total. The monoisotopic (exact) mass is 1600 g/mol. The second-order valence-corrected chi connectivity index (χ2v) is 26.2. The Morgan fingerprint density at radius 3 is 1.34 bits per heavy atom. The zero-order valence-corrected chi connectivity index (χ0v) is 60.7. The van der Waals surface area contributed by atoms with Crippen molar-refractivity contribution in [2.75, 3.05) is 33.2 Å². The van der Waals surface area contributed by atoms with E-state index in [2.05, 4.69) is 39.9 Å². The smallest absolute Gasteiger partial charge is 0.280 e. The SMILES string of the molecule is COc1ccc(-c2[nH]c(O)c3c2C(=O)N=C3c2ccc(C)cc2)cc1.COc1ccccc1C1=NC(=O)c2c(-c3cccc(N(C)C)c3)[nH]c(O)c21.O=C1N=C(c2c(F)ccc(F)c2F)c2c(O)[nH]c(-c3c(F)ccc(F)c3F)c21.O=C1N=C(c2c([N+](=O)[O-])ccc(Cl)c2Cl)c2c(O)[nH]c(-c3c([N+](=O)[O-])ccc(Cl)c3Cl)c21. The number of aliphatic imine (C=N–C) groups is 4. The number of para-hydroxylation sites is 1. The van der Waals surface area contributed by atoms with Crippen molar-refractivity contribution in [3.63, 3.8) is 0 Å². The molecule has 16 rings (SSSR count). The van der Waals surface area contributed by atoms with E-state index in [0.29, 0.717) is 80.6 Å². The van der Waals surface area contributed by atoms with Crippen molar-refractivity contribution < 1.29 is 85.3 Å². The fourth-order valence-electron chi connectivity index (χ4n) is 12.7. The number of aromatic nitrogens is 4. The van der Waals surface area contributed by atoms with Gasteiger partial charge in [-0.2, -0.15) is 0 Å². The number of nitro benzene ring substituents is 2. The Morgan fingerprint density at radius 1 is 0.411 bits per heavy atom. The number of halogens is 10. The summed E-state index contributed by atoms with van der Waals surface area (Å²) in [5.74, 6) is -12.1. The number of nitrogens with one attached hydrogen (secondary N) is 4. The first-order chi connectivity index (χ1) is 53.3. The van der Waals surface area contributed by atoms with Gasteiger partial charge in [0.25, 0.3) is 35.0 Å². The third kappa shape index (κ3) is 13.4. The molecular formula is C77H47Cl4F6N11O14. The van der Waals surface area contributed by atoms with Gasteiger partial charge in [0.05, 0.1) is 157 Å². The lowest BCUT2D eigenvalue weighted by molar-refractivity contribution is -0.385. The van der Waals surface area contributed by atoms with E-state index in [-0.39, 0.29) is 77.3 Å². The average molecular weight is 1610 g/mol. The van der Waals surface area contributed by atoms with E-state index in [4.69, 9.17) is 55.9 Å². The van der Waals surface area contributed by atoms with E-state index in [1.54, 1.807) is 32.4 Å². The number of nitro groups is 2. The molecule has 0 bridgehead atoms. The fourth-order valence-corrected chi connectivity index (χ4v) is 13.6. The third-order valence-electron chi connectivity index (χ3n) is 17.9. The summed E-state index contributed by atoms with van der Waals surface area (Å²) in [7, 11) is 7.05. The summed E-state index contributed by atoms with van der Waals surface area (Å²) >= 11 is 24.4. The maximum atomic E-state index is 14.1. The van der Waals surface area contributed by atoms with Gasteiger partial charge in [-0.25, -0.2) is 46.3 Å². The zero-order valence-electron chi connectivity index (χ0n) is 57.6. The van der Waals surface area contributed by atoms with Gasteiger partial charge >= 0.3 is 0 Å². The number of amides is 4. The number of methoxy groups -OCH3 is 2. The van der Waals surface area contributed by atoms with Crippen LogP contribution in [-0.2, 0) is 0 Å². The van der Waals surface area contributed by atoms with Gasteiger partial charge in [0.1, 0.15) is 23.1 Å². The van der Waals surface area contributed by atoms with E-state index in [9.17, 15) is 86.2 Å². The van der Waals surface area contributed by atoms with E-state index in [1.807, 2.05) is 105 Å². The van der Waals surface area contributed by atoms with Crippen LogP contribution in [0.3, 0.4) is 0 Å². The van der Waals surface area contributed by atoms with Gasteiger partial charge in [0.15, 0.2) is 46.8 Å². The second-order valence-electron chi connectivity index (χ2n) is 24.7. The highest BCUT2D eigenvalue weighted by Crippen LogP contribution is 2.49. The molecule has 0 unspecified atom stereocenters. The number of anilines is 1. The molecule has 0 radical (unpaired) electrons. The van der Waals surface area contributed by atoms with Gasteiger partial charge in [0.2, 0.25) is 0 Å². The summed E-state index contributed by atoms with van der Waals surface area (Å²) in [6.45, 7) is 1.99. The van der Waals surface area contributed by atoms with Crippen molar-refractivity contribution in [1.29, 1.82) is 0 Å². The molecule has 4 aromatic heterocycles. The number of fused-ring (bicyclic) bond motifs is 4. The Morgan fingerprint density at radius 2 is 0.821 bits per heavy atom. The van der Waals surface area contributed by atoms with Crippen molar-refractivity contribution in [3.8, 4) is 80.0 Å². The normalized spacial score (nSPS) is 12.8. The number of hydrogen-bond donors (Lipinski definition) is 8. The van der Waals surface area contributed by atoms with Crippen LogP contribution in [0.25, 0.3) is 45.0 Å². The number of aromatic amines is 4. The minimum atomic E-state index is -1.68. The number of nitrogens with zero attached hydrogens (tertiary/aromatic N) is 7. The largest absolute Gasteiger partial charge is 0.497 e. The molecular weight excluding hydrogens is 1560 g/mol. The van der Waals surface area contributed by atoms with Gasteiger partial charge in [-0.15, -0.1) is 0 Å². The third-order valence-corrected chi connectivity index (χ3v) is 19.5. The molecule has 4 aliphatic rings. The van der Waals surface area contributed by atoms with E-state index in [0.717, 1.165) is 45.8 Å². The highest BCUT2D eigenvalue weighted by atomic mass is 35.5. The molecule has 0 atom stereocenters. The van der Waals surface area contributed by atoms with E-state index >= 15 is 0 Å². The van der Waals surface area contributed by atoms with Gasteiger partial charge in [-0.05, 0) is 97.4 Å². The molecule has 0 fully saturated rings. The second kappa shape index (κ2) is 30.1. The summed E-state index contributed by atoms with van der Waals surface area (Å²) in [6.07, 6.45) is 0. The molecule has 8 heterocycles. The maximum Gasteiger partial charge on any atom is 0.280 e. The molecule has 35 heteroatoms. The highest BCUT2D eigenvalue weighted by molar-refractivity contribution is 6.47. The minimum absolute atomic E-state index is 0.0461. The number of H-pyrrole nitrogens is 4. The van der Waals surface area contributed by atoms with Gasteiger partial charge in [-0.3, -0.25) is 39.4 Å². The number of hydrogen-bond acceptors (Lipinski definition) is 15. The van der Waals surface area contributed by atoms with Crippen LogP contribution >= 0.6 is 46.4 Å². The molecule has 0 saturated carbocycles. The Bertz CT molecular complexity index is 6210. The van der Waals surface area contributed by atoms with Gasteiger partial charge in [-0.1, -0.05) is 100 Å². The Hall–Kier alpha value is -13.6. The van der Waals surface area contributed by atoms with Crippen LogP contribution in [0.15, 0.2) is 166 Å². The summed E-state index contributed by atoms with van der Waals surface area (Å²) < 4.78 is 94.0. The lowest BCUT2D eigenvalue weighted by atomic mass is 9.98. The predicted octanol–water partition coefficient (Wildman–Crippen LogP) is 17.2. The molecule has 112 heavy (non-hydrogen) atoms. The quantitative estimate of drug-likeness (QED) is 0.0230. The molecule has 564 valence electrons. The number of carbonyl (C=O) groups is 4.